The van der Waals surface area contributed by atoms with E-state index in [1.165, 1.54) is 5.56 Å². The Kier molecular flexibility index (Phi) is 12.3. The average molecular weight is 266 g/mol. The first kappa shape index (κ1) is 22.2. The maximum absolute atomic E-state index is 11.3. The number of halogens is 3. The van der Waals surface area contributed by atoms with Gasteiger partial charge in [-0.15, -0.1) is 0 Å². The molecule has 4 heteroatoms. The van der Waals surface area contributed by atoms with Crippen molar-refractivity contribution >= 4 is 0 Å². The molecule has 1 N–H and O–H groups in total. The third kappa shape index (κ3) is 11.5. The molecule has 0 spiro atoms. The highest BCUT2D eigenvalue weighted by atomic mass is 19.4. The molecule has 0 radical (unpaired) electrons. The predicted octanol–water partition coefficient (Wildman–Crippen LogP) is 4.98. The Morgan fingerprint density at radius 3 is 1.33 bits per heavy atom. The summed E-state index contributed by atoms with van der Waals surface area (Å²) in [6.07, 6.45) is -4.51. The molecule has 0 bridgehead atoms. The van der Waals surface area contributed by atoms with Gasteiger partial charge in [0.2, 0.25) is 0 Å². The van der Waals surface area contributed by atoms with E-state index in [4.69, 9.17) is 5.11 Å². The van der Waals surface area contributed by atoms with Crippen LogP contribution in [-0.2, 0) is 0 Å². The van der Waals surface area contributed by atoms with Gasteiger partial charge in [0.25, 0.3) is 0 Å². The van der Waals surface area contributed by atoms with Crippen LogP contribution in [0.25, 0.3) is 0 Å². The van der Waals surface area contributed by atoms with E-state index in [2.05, 4.69) is 19.1 Å². The van der Waals surface area contributed by atoms with Crippen LogP contribution in [0.2, 0.25) is 0 Å². The van der Waals surface area contributed by atoms with E-state index in [1.807, 2.05) is 32.0 Å². The Balaban J connectivity index is -0.000000210. The van der Waals surface area contributed by atoms with Gasteiger partial charge in [-0.1, -0.05) is 57.2 Å². The van der Waals surface area contributed by atoms with Gasteiger partial charge in [0.1, 0.15) is 0 Å². The van der Waals surface area contributed by atoms with E-state index in [1.54, 1.807) is 0 Å². The summed E-state index contributed by atoms with van der Waals surface area (Å²) in [5.41, 5.74) is -1.24. The lowest BCUT2D eigenvalue weighted by atomic mass is 10.1. The van der Waals surface area contributed by atoms with Crippen LogP contribution in [0.1, 0.15) is 40.7 Å². The highest BCUT2D eigenvalue weighted by Crippen LogP contribution is 2.28. The van der Waals surface area contributed by atoms with Crippen LogP contribution >= 0.6 is 0 Å². The van der Waals surface area contributed by atoms with Crippen molar-refractivity contribution in [2.24, 2.45) is 0 Å². The largest absolute Gasteiger partial charge is 0.416 e. The molecule has 0 saturated carbocycles. The molecule has 0 amide bonds. The van der Waals surface area contributed by atoms with Gasteiger partial charge in [-0.25, -0.2) is 0 Å². The zero-order chi connectivity index (χ0) is 14.1. The lowest BCUT2D eigenvalue weighted by molar-refractivity contribution is -0.245. The fourth-order valence-corrected chi connectivity index (χ4v) is 0.534. The first-order chi connectivity index (χ1) is 7.64. The summed E-state index contributed by atoms with van der Waals surface area (Å²) < 4.78 is 33.9. The molecule has 0 fully saturated rings. The third-order valence-corrected chi connectivity index (χ3v) is 1.63. The van der Waals surface area contributed by atoms with Crippen LogP contribution in [0.15, 0.2) is 30.3 Å². The molecule has 108 valence electrons. The second-order valence-electron chi connectivity index (χ2n) is 3.71. The van der Waals surface area contributed by atoms with Crippen molar-refractivity contribution < 1.29 is 18.3 Å². The monoisotopic (exact) mass is 266 g/mol. The summed E-state index contributed by atoms with van der Waals surface area (Å²) in [5.74, 6) is 0. The third-order valence-electron chi connectivity index (χ3n) is 1.63. The van der Waals surface area contributed by atoms with Gasteiger partial charge in [-0.3, -0.25) is 0 Å². The molecular formula is C14H25F3O. The summed E-state index contributed by atoms with van der Waals surface area (Å²) >= 11 is 0. The summed E-state index contributed by atoms with van der Waals surface area (Å²) in [6, 6.07) is 10.3. The van der Waals surface area contributed by atoms with Crippen molar-refractivity contribution in [2.45, 2.75) is 53.8 Å². The van der Waals surface area contributed by atoms with Gasteiger partial charge < -0.3 is 5.11 Å². The number of alkyl halides is 3. The van der Waals surface area contributed by atoms with Gasteiger partial charge in [-0.2, -0.15) is 13.2 Å². The molecule has 1 rings (SSSR count). The minimum Gasteiger partial charge on any atom is -0.381 e. The normalized spacial score (nSPS) is 10.1. The van der Waals surface area contributed by atoms with Gasteiger partial charge in [0.05, 0.1) is 0 Å². The van der Waals surface area contributed by atoms with E-state index in [9.17, 15) is 13.2 Å². The van der Waals surface area contributed by atoms with E-state index < -0.39 is 11.8 Å². The lowest BCUT2D eigenvalue weighted by Gasteiger charge is -2.20. The van der Waals surface area contributed by atoms with Crippen LogP contribution in [0.5, 0.6) is 0 Å². The number of hydrogen-bond acceptors (Lipinski definition) is 1. The first-order valence-electron chi connectivity index (χ1n) is 5.45. The average Bonchev–Trinajstić information content (AvgIpc) is 2.20. The topological polar surface area (TPSA) is 20.2 Å². The van der Waals surface area contributed by atoms with Crippen molar-refractivity contribution in [3.05, 3.63) is 35.9 Å². The second-order valence-corrected chi connectivity index (χ2v) is 3.71. The van der Waals surface area contributed by atoms with E-state index in [-0.39, 0.29) is 7.43 Å². The molecular weight excluding hydrogens is 241 g/mol. The smallest absolute Gasteiger partial charge is 0.381 e. The van der Waals surface area contributed by atoms with Crippen molar-refractivity contribution in [1.29, 1.82) is 0 Å². The molecule has 1 aromatic rings. The Morgan fingerprint density at radius 2 is 1.22 bits per heavy atom. The minimum atomic E-state index is -4.51. The Hall–Kier alpha value is -1.03. The minimum absolute atomic E-state index is 0. The summed E-state index contributed by atoms with van der Waals surface area (Å²) in [5, 5.41) is 8.23. The van der Waals surface area contributed by atoms with Crippen molar-refractivity contribution in [1.82, 2.24) is 0 Å². The summed E-state index contributed by atoms with van der Waals surface area (Å²) in [6.45, 7) is 7.49. The van der Waals surface area contributed by atoms with Crippen LogP contribution in [0.3, 0.4) is 0 Å². The zero-order valence-corrected chi connectivity index (χ0v) is 11.0. The molecule has 18 heavy (non-hydrogen) atoms. The SMILES string of the molecule is C.CC.CC(C)(O)C(F)(F)F.Cc1ccccc1. The van der Waals surface area contributed by atoms with E-state index >= 15 is 0 Å². The van der Waals surface area contributed by atoms with Gasteiger partial charge in [-0.05, 0) is 20.8 Å². The fraction of sp³-hybridized carbons (Fsp3) is 0.571. The number of rotatable bonds is 0. The molecule has 0 aliphatic carbocycles. The highest BCUT2D eigenvalue weighted by Gasteiger charge is 2.45. The van der Waals surface area contributed by atoms with Gasteiger partial charge in [0.15, 0.2) is 5.60 Å². The van der Waals surface area contributed by atoms with E-state index in [0.29, 0.717) is 13.8 Å². The van der Waals surface area contributed by atoms with E-state index in [0.717, 1.165) is 0 Å². The summed E-state index contributed by atoms with van der Waals surface area (Å²) in [4.78, 5) is 0. The van der Waals surface area contributed by atoms with Gasteiger partial charge in [0, 0.05) is 0 Å². The molecule has 1 aromatic carbocycles. The maximum atomic E-state index is 11.3. The predicted molar refractivity (Wildman–Crippen MR) is 71.6 cm³/mol. The van der Waals surface area contributed by atoms with Crippen LogP contribution in [0, 0.1) is 6.92 Å². The summed E-state index contributed by atoms with van der Waals surface area (Å²) in [7, 11) is 0. The molecule has 0 atom stereocenters. The molecule has 0 saturated heterocycles. The maximum Gasteiger partial charge on any atom is 0.416 e. The van der Waals surface area contributed by atoms with Crippen LogP contribution < -0.4 is 0 Å². The second kappa shape index (κ2) is 9.95. The molecule has 0 unspecified atom stereocenters. The van der Waals surface area contributed by atoms with Crippen LogP contribution in [-0.4, -0.2) is 16.9 Å². The lowest BCUT2D eigenvalue weighted by Crippen LogP contribution is -2.38. The quantitative estimate of drug-likeness (QED) is 0.702. The highest BCUT2D eigenvalue weighted by molar-refractivity contribution is 5.11. The Morgan fingerprint density at radius 1 is 0.944 bits per heavy atom. The van der Waals surface area contributed by atoms with Crippen molar-refractivity contribution in [3.63, 3.8) is 0 Å². The van der Waals surface area contributed by atoms with Crippen molar-refractivity contribution in [3.8, 4) is 0 Å². The Labute approximate surface area is 109 Å². The van der Waals surface area contributed by atoms with Crippen LogP contribution in [0.4, 0.5) is 13.2 Å². The number of benzene rings is 1. The number of aryl methyl sites for hydroxylation is 1. The van der Waals surface area contributed by atoms with Crippen molar-refractivity contribution in [2.75, 3.05) is 0 Å². The van der Waals surface area contributed by atoms with Gasteiger partial charge >= 0.3 is 6.18 Å². The molecule has 1 nitrogen and oxygen atoms in total. The molecule has 0 aliphatic rings. The first-order valence-corrected chi connectivity index (χ1v) is 5.45. The Bertz CT molecular complexity index is 261. The molecule has 0 aliphatic heterocycles. The standard InChI is InChI=1S/C7H8.C4H7F3O.C2H6.CH4/c1-7-5-3-2-4-6-7;1-3(2,8)4(5,6)7;1-2;/h2-6H,1H3;8H,1-2H3;1-2H3;1H4. The zero-order valence-electron chi connectivity index (χ0n) is 11.0. The molecule has 0 aromatic heterocycles. The fourth-order valence-electron chi connectivity index (χ4n) is 0.534. The number of hydrogen-bond donors (Lipinski definition) is 1. The molecule has 0 heterocycles. The number of aliphatic hydroxyl groups is 1.